The van der Waals surface area contributed by atoms with E-state index in [1.807, 2.05) is 18.5 Å². The van der Waals surface area contributed by atoms with Gasteiger partial charge >= 0.3 is 0 Å². The van der Waals surface area contributed by atoms with Crippen molar-refractivity contribution in [2.45, 2.75) is 6.54 Å². The second-order valence-electron chi connectivity index (χ2n) is 2.66. The second kappa shape index (κ2) is 3.37. The van der Waals surface area contributed by atoms with Crippen LogP contribution in [0.2, 0.25) is 0 Å². The first kappa shape index (κ1) is 7.94. The maximum atomic E-state index is 5.54. The Morgan fingerprint density at radius 2 is 2.15 bits per heavy atom. The minimum atomic E-state index is 0.411. The third kappa shape index (κ3) is 1.43. The van der Waals surface area contributed by atoms with E-state index >= 15 is 0 Å². The average Bonchev–Trinajstić information content (AvgIpc) is 2.70. The van der Waals surface area contributed by atoms with Crippen molar-refractivity contribution < 1.29 is 0 Å². The van der Waals surface area contributed by atoms with Crippen molar-refractivity contribution >= 4 is 0 Å². The lowest BCUT2D eigenvalue weighted by atomic mass is 10.2. The molecule has 0 atom stereocenters. The molecule has 0 aromatic carbocycles. The van der Waals surface area contributed by atoms with E-state index in [1.54, 1.807) is 12.4 Å². The molecule has 2 aromatic rings. The number of nitrogens with zero attached hydrogens (tertiary/aromatic N) is 2. The maximum Gasteiger partial charge on any atom is 0.0945 e. The topological polar surface area (TPSA) is 67.6 Å². The highest BCUT2D eigenvalue weighted by atomic mass is 14.8. The third-order valence-electron chi connectivity index (χ3n) is 1.84. The SMILES string of the molecule is NCc1nccnc1-c1cc[nH]c1. The van der Waals surface area contributed by atoms with Crippen molar-refractivity contribution in [1.82, 2.24) is 15.0 Å². The molecule has 0 fully saturated rings. The number of hydrogen-bond acceptors (Lipinski definition) is 3. The highest BCUT2D eigenvalue weighted by Gasteiger charge is 2.05. The first-order chi connectivity index (χ1) is 6.42. The van der Waals surface area contributed by atoms with Gasteiger partial charge < -0.3 is 10.7 Å². The van der Waals surface area contributed by atoms with Gasteiger partial charge in [0.1, 0.15) is 0 Å². The predicted molar refractivity (Wildman–Crippen MR) is 49.7 cm³/mol. The van der Waals surface area contributed by atoms with Crippen LogP contribution in [0.3, 0.4) is 0 Å². The van der Waals surface area contributed by atoms with Crippen LogP contribution in [-0.4, -0.2) is 15.0 Å². The fourth-order valence-corrected chi connectivity index (χ4v) is 1.23. The van der Waals surface area contributed by atoms with Gasteiger partial charge in [0.25, 0.3) is 0 Å². The standard InChI is InChI=1S/C9H10N4/c10-5-8-9(13-4-3-12-8)7-1-2-11-6-7/h1-4,6,11H,5,10H2. The quantitative estimate of drug-likeness (QED) is 0.711. The van der Waals surface area contributed by atoms with Crippen LogP contribution in [0.1, 0.15) is 5.69 Å². The van der Waals surface area contributed by atoms with Gasteiger partial charge in [-0.2, -0.15) is 0 Å². The Labute approximate surface area is 75.8 Å². The molecule has 66 valence electrons. The van der Waals surface area contributed by atoms with Crippen LogP contribution in [0.15, 0.2) is 30.9 Å². The van der Waals surface area contributed by atoms with Crippen LogP contribution in [0.25, 0.3) is 11.3 Å². The van der Waals surface area contributed by atoms with Gasteiger partial charge in [0.05, 0.1) is 11.4 Å². The smallest absolute Gasteiger partial charge is 0.0945 e. The van der Waals surface area contributed by atoms with Gasteiger partial charge in [-0.05, 0) is 6.07 Å². The molecule has 2 heterocycles. The van der Waals surface area contributed by atoms with Crippen molar-refractivity contribution in [2.24, 2.45) is 5.73 Å². The van der Waals surface area contributed by atoms with E-state index < -0.39 is 0 Å². The van der Waals surface area contributed by atoms with Crippen molar-refractivity contribution in [2.75, 3.05) is 0 Å². The molecule has 13 heavy (non-hydrogen) atoms. The highest BCUT2D eigenvalue weighted by Crippen LogP contribution is 2.17. The summed E-state index contributed by atoms with van der Waals surface area (Å²) in [4.78, 5) is 11.4. The predicted octanol–water partition coefficient (Wildman–Crippen LogP) is 0.930. The van der Waals surface area contributed by atoms with E-state index in [-0.39, 0.29) is 0 Å². The van der Waals surface area contributed by atoms with Crippen LogP contribution in [-0.2, 0) is 6.54 Å². The van der Waals surface area contributed by atoms with Gasteiger partial charge in [-0.1, -0.05) is 0 Å². The average molecular weight is 174 g/mol. The molecular formula is C9H10N4. The van der Waals surface area contributed by atoms with Gasteiger partial charge in [0.15, 0.2) is 0 Å². The summed E-state index contributed by atoms with van der Waals surface area (Å²) >= 11 is 0. The minimum absolute atomic E-state index is 0.411. The molecule has 0 radical (unpaired) electrons. The number of aromatic amines is 1. The number of nitrogens with two attached hydrogens (primary N) is 1. The molecular weight excluding hydrogens is 164 g/mol. The number of hydrogen-bond donors (Lipinski definition) is 2. The van der Waals surface area contributed by atoms with Gasteiger partial charge in [-0.25, -0.2) is 0 Å². The Morgan fingerprint density at radius 3 is 2.85 bits per heavy atom. The summed E-state index contributed by atoms with van der Waals surface area (Å²) in [6.45, 7) is 0.411. The zero-order valence-corrected chi connectivity index (χ0v) is 7.07. The molecule has 0 bridgehead atoms. The Balaban J connectivity index is 2.51. The van der Waals surface area contributed by atoms with Crippen molar-refractivity contribution in [1.29, 1.82) is 0 Å². The van der Waals surface area contributed by atoms with Crippen LogP contribution >= 0.6 is 0 Å². The summed E-state index contributed by atoms with van der Waals surface area (Å²) in [5, 5.41) is 0. The normalized spacial score (nSPS) is 10.2. The molecule has 0 saturated heterocycles. The van der Waals surface area contributed by atoms with Crippen molar-refractivity contribution in [3.05, 3.63) is 36.5 Å². The number of aromatic nitrogens is 3. The molecule has 3 N–H and O–H groups in total. The molecule has 0 aliphatic heterocycles. The first-order valence-corrected chi connectivity index (χ1v) is 4.05. The summed E-state index contributed by atoms with van der Waals surface area (Å²) in [5.41, 5.74) is 8.24. The maximum absolute atomic E-state index is 5.54. The van der Waals surface area contributed by atoms with Gasteiger partial charge in [0, 0.05) is 36.9 Å². The lowest BCUT2D eigenvalue weighted by Gasteiger charge is -2.01. The Hall–Kier alpha value is -1.68. The molecule has 4 nitrogen and oxygen atoms in total. The summed E-state index contributed by atoms with van der Waals surface area (Å²) in [5.74, 6) is 0. The lowest BCUT2D eigenvalue weighted by Crippen LogP contribution is -2.02. The van der Waals surface area contributed by atoms with Crippen LogP contribution < -0.4 is 5.73 Å². The molecule has 0 aliphatic carbocycles. The highest BCUT2D eigenvalue weighted by molar-refractivity contribution is 5.60. The monoisotopic (exact) mass is 174 g/mol. The zero-order chi connectivity index (χ0) is 9.10. The largest absolute Gasteiger partial charge is 0.367 e. The Bertz CT molecular complexity index is 380. The third-order valence-corrected chi connectivity index (χ3v) is 1.84. The fourth-order valence-electron chi connectivity index (χ4n) is 1.23. The van der Waals surface area contributed by atoms with E-state index in [4.69, 9.17) is 5.73 Å². The first-order valence-electron chi connectivity index (χ1n) is 4.05. The van der Waals surface area contributed by atoms with E-state index in [0.717, 1.165) is 17.0 Å². The molecule has 2 aromatic heterocycles. The summed E-state index contributed by atoms with van der Waals surface area (Å²) in [7, 11) is 0. The van der Waals surface area contributed by atoms with Gasteiger partial charge in [-0.15, -0.1) is 0 Å². The Morgan fingerprint density at radius 1 is 1.31 bits per heavy atom. The molecule has 0 unspecified atom stereocenters. The summed E-state index contributed by atoms with van der Waals surface area (Å²) in [6.07, 6.45) is 7.05. The van der Waals surface area contributed by atoms with E-state index in [9.17, 15) is 0 Å². The Kier molecular flexibility index (Phi) is 2.06. The zero-order valence-electron chi connectivity index (χ0n) is 7.07. The van der Waals surface area contributed by atoms with Crippen molar-refractivity contribution in [3.63, 3.8) is 0 Å². The molecule has 0 aliphatic rings. The summed E-state index contributed by atoms with van der Waals surface area (Å²) in [6, 6.07) is 1.95. The lowest BCUT2D eigenvalue weighted by molar-refractivity contribution is 0.969. The van der Waals surface area contributed by atoms with Gasteiger partial charge in [-0.3, -0.25) is 9.97 Å². The number of H-pyrrole nitrogens is 1. The molecule has 0 saturated carbocycles. The fraction of sp³-hybridized carbons (Fsp3) is 0.111. The second-order valence-corrected chi connectivity index (χ2v) is 2.66. The van der Waals surface area contributed by atoms with E-state index in [1.165, 1.54) is 0 Å². The van der Waals surface area contributed by atoms with Gasteiger partial charge in [0.2, 0.25) is 0 Å². The molecule has 0 spiro atoms. The molecule has 2 rings (SSSR count). The summed E-state index contributed by atoms with van der Waals surface area (Å²) < 4.78 is 0. The minimum Gasteiger partial charge on any atom is -0.367 e. The van der Waals surface area contributed by atoms with E-state index in [2.05, 4.69) is 15.0 Å². The molecule has 4 heteroatoms. The number of rotatable bonds is 2. The van der Waals surface area contributed by atoms with Crippen LogP contribution in [0.5, 0.6) is 0 Å². The van der Waals surface area contributed by atoms with Crippen LogP contribution in [0.4, 0.5) is 0 Å². The number of nitrogens with one attached hydrogen (secondary N) is 1. The van der Waals surface area contributed by atoms with E-state index in [0.29, 0.717) is 6.54 Å². The van der Waals surface area contributed by atoms with Crippen molar-refractivity contribution in [3.8, 4) is 11.3 Å². The van der Waals surface area contributed by atoms with Crippen LogP contribution in [0, 0.1) is 0 Å². The molecule has 0 amide bonds.